The molecule has 2 N–H and O–H groups in total. The van der Waals surface area contributed by atoms with Gasteiger partial charge in [0.25, 0.3) is 0 Å². The second-order valence-corrected chi connectivity index (χ2v) is 5.47. The maximum atomic E-state index is 6.01. The number of aromatic nitrogens is 2. The van der Waals surface area contributed by atoms with Gasteiger partial charge in [-0.3, -0.25) is 0 Å². The summed E-state index contributed by atoms with van der Waals surface area (Å²) in [6, 6.07) is 0.205. The fraction of sp³-hybridized carbons (Fsp3) is 0.818. The maximum Gasteiger partial charge on any atom is 0.228 e. The highest BCUT2D eigenvalue weighted by Crippen LogP contribution is 2.32. The van der Waals surface area contributed by atoms with Gasteiger partial charge in [-0.15, -0.1) is 0 Å². The van der Waals surface area contributed by atoms with E-state index in [0.29, 0.717) is 11.8 Å². The molecule has 1 aromatic rings. The smallest absolute Gasteiger partial charge is 0.228 e. The quantitative estimate of drug-likeness (QED) is 0.740. The van der Waals surface area contributed by atoms with Gasteiger partial charge < -0.3 is 10.3 Å². The summed E-state index contributed by atoms with van der Waals surface area (Å²) in [4.78, 5) is 4.35. The van der Waals surface area contributed by atoms with Crippen molar-refractivity contribution in [3.05, 3.63) is 11.7 Å². The molecule has 5 heteroatoms. The molecule has 0 spiro atoms. The number of hydrogen-bond donors (Lipinski definition) is 1. The lowest BCUT2D eigenvalue weighted by molar-refractivity contribution is 0.360. The summed E-state index contributed by atoms with van der Waals surface area (Å²) in [6.07, 6.45) is 4.43. The predicted molar refractivity (Wildman–Crippen MR) is 65.2 cm³/mol. The highest BCUT2D eigenvalue weighted by Gasteiger charge is 2.29. The highest BCUT2D eigenvalue weighted by molar-refractivity contribution is 7.98. The van der Waals surface area contributed by atoms with Crippen molar-refractivity contribution in [2.24, 2.45) is 11.7 Å². The molecule has 1 heterocycles. The molecule has 16 heavy (non-hydrogen) atoms. The van der Waals surface area contributed by atoms with Crippen molar-refractivity contribution in [3.63, 3.8) is 0 Å². The summed E-state index contributed by atoms with van der Waals surface area (Å²) < 4.78 is 5.19. The summed E-state index contributed by atoms with van der Waals surface area (Å²) in [6.45, 7) is 2.17. The molecule has 2 rings (SSSR count). The molecule has 0 saturated heterocycles. The van der Waals surface area contributed by atoms with E-state index in [4.69, 9.17) is 10.3 Å². The summed E-state index contributed by atoms with van der Waals surface area (Å²) in [5.74, 6) is 4.18. The van der Waals surface area contributed by atoms with Crippen LogP contribution in [0.25, 0.3) is 0 Å². The second kappa shape index (κ2) is 5.68. The van der Waals surface area contributed by atoms with Crippen LogP contribution in [0, 0.1) is 5.92 Å². The minimum absolute atomic E-state index is 0.205. The van der Waals surface area contributed by atoms with E-state index >= 15 is 0 Å². The van der Waals surface area contributed by atoms with Crippen LogP contribution in [-0.4, -0.2) is 21.9 Å². The average Bonchev–Trinajstić information content (AvgIpc) is 3.03. The van der Waals surface area contributed by atoms with E-state index in [1.165, 1.54) is 19.3 Å². The lowest BCUT2D eigenvalue weighted by atomic mass is 10.1. The lowest BCUT2D eigenvalue weighted by Crippen LogP contribution is -2.25. The first-order valence-corrected chi connectivity index (χ1v) is 7.10. The number of thioether (sulfide) groups is 1. The Morgan fingerprint density at radius 2 is 2.38 bits per heavy atom. The standard InChI is InChI=1S/C11H19N3OS/c1-2-5-16-7-10-13-11(15-14-10)6-9(12)8-3-4-8/h8-9H,2-7,12H2,1H3. The van der Waals surface area contributed by atoms with Crippen LogP contribution in [0.2, 0.25) is 0 Å². The summed E-state index contributed by atoms with van der Waals surface area (Å²) in [7, 11) is 0. The molecule has 0 radical (unpaired) electrons. The van der Waals surface area contributed by atoms with E-state index in [-0.39, 0.29) is 6.04 Å². The molecule has 0 bridgehead atoms. The zero-order chi connectivity index (χ0) is 11.4. The monoisotopic (exact) mass is 241 g/mol. The van der Waals surface area contributed by atoms with Crippen molar-refractivity contribution < 1.29 is 4.52 Å². The normalized spacial score (nSPS) is 17.6. The first kappa shape index (κ1) is 11.9. The third-order valence-electron chi connectivity index (χ3n) is 2.73. The van der Waals surface area contributed by atoms with Crippen LogP contribution in [-0.2, 0) is 12.2 Å². The molecule has 90 valence electrons. The van der Waals surface area contributed by atoms with Gasteiger partial charge in [-0.1, -0.05) is 12.1 Å². The summed E-state index contributed by atoms with van der Waals surface area (Å²) in [5, 5.41) is 3.96. The van der Waals surface area contributed by atoms with Crippen molar-refractivity contribution in [3.8, 4) is 0 Å². The third kappa shape index (κ3) is 3.49. The molecular weight excluding hydrogens is 222 g/mol. The molecule has 1 aromatic heterocycles. The van der Waals surface area contributed by atoms with Crippen LogP contribution >= 0.6 is 11.8 Å². The van der Waals surface area contributed by atoms with Crippen LogP contribution in [0.4, 0.5) is 0 Å². The van der Waals surface area contributed by atoms with Gasteiger partial charge in [0.05, 0.1) is 5.75 Å². The van der Waals surface area contributed by atoms with Crippen LogP contribution in [0.1, 0.15) is 37.9 Å². The van der Waals surface area contributed by atoms with Crippen molar-refractivity contribution in [2.75, 3.05) is 5.75 Å². The maximum absolute atomic E-state index is 6.01. The first-order valence-electron chi connectivity index (χ1n) is 5.94. The van der Waals surface area contributed by atoms with E-state index in [1.807, 2.05) is 11.8 Å². The number of nitrogens with two attached hydrogens (primary N) is 1. The Bertz CT molecular complexity index is 325. The summed E-state index contributed by atoms with van der Waals surface area (Å²) >= 11 is 1.84. The third-order valence-corrected chi connectivity index (χ3v) is 3.89. The topological polar surface area (TPSA) is 64.9 Å². The van der Waals surface area contributed by atoms with Gasteiger partial charge in [0, 0.05) is 12.5 Å². The SMILES string of the molecule is CCCSCc1noc(CC(N)C2CC2)n1. The van der Waals surface area contributed by atoms with E-state index in [2.05, 4.69) is 17.1 Å². The first-order chi connectivity index (χ1) is 7.79. The zero-order valence-corrected chi connectivity index (χ0v) is 10.5. The number of rotatable bonds is 7. The highest BCUT2D eigenvalue weighted by atomic mass is 32.2. The minimum Gasteiger partial charge on any atom is -0.339 e. The molecule has 0 amide bonds. The van der Waals surface area contributed by atoms with Crippen LogP contribution in [0.3, 0.4) is 0 Å². The fourth-order valence-corrected chi connectivity index (χ4v) is 2.36. The van der Waals surface area contributed by atoms with Gasteiger partial charge in [-0.2, -0.15) is 16.7 Å². The number of nitrogens with zero attached hydrogens (tertiary/aromatic N) is 2. The Kier molecular flexibility index (Phi) is 4.23. The van der Waals surface area contributed by atoms with E-state index in [0.717, 1.165) is 23.8 Å². The molecule has 1 atom stereocenters. The van der Waals surface area contributed by atoms with Crippen molar-refractivity contribution in [1.29, 1.82) is 0 Å². The molecular formula is C11H19N3OS. The van der Waals surface area contributed by atoms with Crippen LogP contribution < -0.4 is 5.73 Å². The van der Waals surface area contributed by atoms with E-state index in [1.54, 1.807) is 0 Å². The average molecular weight is 241 g/mol. The van der Waals surface area contributed by atoms with Gasteiger partial charge in [0.2, 0.25) is 5.89 Å². The van der Waals surface area contributed by atoms with Gasteiger partial charge >= 0.3 is 0 Å². The van der Waals surface area contributed by atoms with E-state index < -0.39 is 0 Å². The summed E-state index contributed by atoms with van der Waals surface area (Å²) in [5.41, 5.74) is 6.01. The molecule has 0 aliphatic heterocycles. The lowest BCUT2D eigenvalue weighted by Gasteiger charge is -2.04. The van der Waals surface area contributed by atoms with E-state index in [9.17, 15) is 0 Å². The van der Waals surface area contributed by atoms with Gasteiger partial charge in [-0.25, -0.2) is 0 Å². The Hall–Kier alpha value is -0.550. The molecule has 1 aliphatic carbocycles. The van der Waals surface area contributed by atoms with Crippen molar-refractivity contribution >= 4 is 11.8 Å². The molecule has 0 aromatic carbocycles. The predicted octanol–water partition coefficient (Wildman–Crippen LogP) is 1.99. The molecule has 1 aliphatic rings. The Morgan fingerprint density at radius 1 is 1.56 bits per heavy atom. The number of hydrogen-bond acceptors (Lipinski definition) is 5. The van der Waals surface area contributed by atoms with Crippen LogP contribution in [0.15, 0.2) is 4.52 Å². The largest absolute Gasteiger partial charge is 0.339 e. The van der Waals surface area contributed by atoms with Crippen molar-refractivity contribution in [2.45, 2.75) is 44.4 Å². The molecule has 1 fully saturated rings. The Balaban J connectivity index is 1.77. The Labute approximate surface area is 100 Å². The molecule has 4 nitrogen and oxygen atoms in total. The molecule has 1 saturated carbocycles. The zero-order valence-electron chi connectivity index (χ0n) is 9.69. The molecule has 1 unspecified atom stereocenters. The fourth-order valence-electron chi connectivity index (χ4n) is 1.63. The Morgan fingerprint density at radius 3 is 3.06 bits per heavy atom. The second-order valence-electron chi connectivity index (χ2n) is 4.36. The van der Waals surface area contributed by atoms with Gasteiger partial charge in [-0.05, 0) is 30.9 Å². The minimum atomic E-state index is 0.205. The van der Waals surface area contributed by atoms with Crippen molar-refractivity contribution in [1.82, 2.24) is 10.1 Å². The van der Waals surface area contributed by atoms with Gasteiger partial charge in [0.15, 0.2) is 5.82 Å². The van der Waals surface area contributed by atoms with Crippen LogP contribution in [0.5, 0.6) is 0 Å². The van der Waals surface area contributed by atoms with Gasteiger partial charge in [0.1, 0.15) is 0 Å².